The maximum atomic E-state index is 12.1. The van der Waals surface area contributed by atoms with Crippen LogP contribution in [0.3, 0.4) is 0 Å². The highest BCUT2D eigenvalue weighted by Crippen LogP contribution is 2.20. The fourth-order valence-corrected chi connectivity index (χ4v) is 2.48. The predicted molar refractivity (Wildman–Crippen MR) is 84.6 cm³/mol. The van der Waals surface area contributed by atoms with Crippen molar-refractivity contribution in [3.63, 3.8) is 0 Å². The topological polar surface area (TPSA) is 61.0 Å². The molecule has 2 rings (SSSR count). The van der Waals surface area contributed by atoms with Crippen LogP contribution in [-0.2, 0) is 11.2 Å². The summed E-state index contributed by atoms with van der Waals surface area (Å²) in [6, 6.07) is 1.86. The number of likely N-dealkylation sites (tertiary alicyclic amines) is 1. The molecule has 116 valence electrons. The van der Waals surface area contributed by atoms with E-state index in [0.717, 1.165) is 44.1 Å². The van der Waals surface area contributed by atoms with Gasteiger partial charge in [0, 0.05) is 25.0 Å². The Morgan fingerprint density at radius 2 is 2.15 bits per heavy atom. The number of halogens is 2. The molecule has 0 aromatic carbocycles. The molecular formula is C13H24Cl2N4O. The van der Waals surface area contributed by atoms with Gasteiger partial charge in [-0.15, -0.1) is 24.8 Å². The van der Waals surface area contributed by atoms with E-state index in [4.69, 9.17) is 0 Å². The minimum absolute atomic E-state index is 0. The largest absolute Gasteiger partial charge is 0.342 e. The van der Waals surface area contributed by atoms with Gasteiger partial charge >= 0.3 is 0 Å². The summed E-state index contributed by atoms with van der Waals surface area (Å²) in [7, 11) is 1.99. The quantitative estimate of drug-likeness (QED) is 0.866. The van der Waals surface area contributed by atoms with Crippen molar-refractivity contribution in [3.05, 3.63) is 18.0 Å². The first-order valence-corrected chi connectivity index (χ1v) is 6.70. The molecule has 0 spiro atoms. The number of H-pyrrole nitrogens is 1. The molecule has 1 aliphatic heterocycles. The summed E-state index contributed by atoms with van der Waals surface area (Å²) in [5, 5.41) is 9.89. The number of aromatic nitrogens is 2. The van der Waals surface area contributed by atoms with Crippen LogP contribution in [-0.4, -0.2) is 47.7 Å². The van der Waals surface area contributed by atoms with Gasteiger partial charge in [0.05, 0.1) is 6.42 Å². The molecule has 0 aliphatic carbocycles. The van der Waals surface area contributed by atoms with Crippen molar-refractivity contribution in [2.75, 3.05) is 26.7 Å². The lowest BCUT2D eigenvalue weighted by Crippen LogP contribution is -2.39. The maximum Gasteiger partial charge on any atom is 0.228 e. The van der Waals surface area contributed by atoms with E-state index in [-0.39, 0.29) is 30.7 Å². The fraction of sp³-hybridized carbons (Fsp3) is 0.692. The fourth-order valence-electron chi connectivity index (χ4n) is 2.48. The average Bonchev–Trinajstić information content (AvgIpc) is 2.89. The highest BCUT2D eigenvalue weighted by atomic mass is 35.5. The number of aromatic amines is 1. The number of hydrogen-bond donors (Lipinski definition) is 2. The van der Waals surface area contributed by atoms with Gasteiger partial charge in [-0.2, -0.15) is 5.10 Å². The van der Waals surface area contributed by atoms with Crippen molar-refractivity contribution >= 4 is 30.7 Å². The zero-order chi connectivity index (χ0) is 12.8. The van der Waals surface area contributed by atoms with Crippen molar-refractivity contribution in [2.45, 2.75) is 25.7 Å². The number of hydrogen-bond acceptors (Lipinski definition) is 3. The van der Waals surface area contributed by atoms with E-state index in [1.807, 2.05) is 18.0 Å². The normalized spacial score (nSPS) is 15.3. The number of amides is 1. The molecule has 1 aromatic heterocycles. The zero-order valence-corrected chi connectivity index (χ0v) is 13.4. The molecule has 0 unspecified atom stereocenters. The average molecular weight is 323 g/mol. The second kappa shape index (κ2) is 10.0. The first-order valence-electron chi connectivity index (χ1n) is 6.70. The Morgan fingerprint density at radius 1 is 1.45 bits per heavy atom. The van der Waals surface area contributed by atoms with Crippen LogP contribution < -0.4 is 5.32 Å². The van der Waals surface area contributed by atoms with Crippen LogP contribution in [0, 0.1) is 5.92 Å². The summed E-state index contributed by atoms with van der Waals surface area (Å²) in [4.78, 5) is 14.0. The first kappa shape index (κ1) is 19.2. The predicted octanol–water partition coefficient (Wildman–Crippen LogP) is 1.64. The van der Waals surface area contributed by atoms with E-state index in [1.165, 1.54) is 6.42 Å². The van der Waals surface area contributed by atoms with Gasteiger partial charge in [-0.25, -0.2) is 0 Å². The van der Waals surface area contributed by atoms with Crippen molar-refractivity contribution in [1.82, 2.24) is 20.4 Å². The molecule has 20 heavy (non-hydrogen) atoms. The van der Waals surface area contributed by atoms with Crippen LogP contribution in [0.2, 0.25) is 0 Å². The van der Waals surface area contributed by atoms with Crippen molar-refractivity contribution < 1.29 is 4.79 Å². The summed E-state index contributed by atoms with van der Waals surface area (Å²) >= 11 is 0. The van der Waals surface area contributed by atoms with E-state index in [0.29, 0.717) is 6.42 Å². The summed E-state index contributed by atoms with van der Waals surface area (Å²) < 4.78 is 0. The third-order valence-corrected chi connectivity index (χ3v) is 3.67. The van der Waals surface area contributed by atoms with Crippen LogP contribution >= 0.6 is 24.8 Å². The van der Waals surface area contributed by atoms with Crippen molar-refractivity contribution in [2.24, 2.45) is 5.92 Å². The first-order chi connectivity index (χ1) is 8.79. The standard InChI is InChI=1S/C13H22N4O.2ClH/c1-14-6-2-11-4-8-17(9-5-11)13(18)10-12-3-7-15-16-12;;/h3,7,11,14H,2,4-6,8-10H2,1H3,(H,15,16);2*1H. The Balaban J connectivity index is 0.00000180. The van der Waals surface area contributed by atoms with E-state index in [2.05, 4.69) is 15.5 Å². The molecule has 1 saturated heterocycles. The summed E-state index contributed by atoms with van der Waals surface area (Å²) in [6.45, 7) is 2.88. The van der Waals surface area contributed by atoms with Crippen LogP contribution in [0.5, 0.6) is 0 Å². The van der Waals surface area contributed by atoms with E-state index >= 15 is 0 Å². The second-order valence-corrected chi connectivity index (χ2v) is 4.98. The van der Waals surface area contributed by atoms with Crippen molar-refractivity contribution in [3.8, 4) is 0 Å². The van der Waals surface area contributed by atoms with Crippen LogP contribution in [0.15, 0.2) is 12.3 Å². The van der Waals surface area contributed by atoms with Gasteiger partial charge in [-0.3, -0.25) is 9.89 Å². The van der Waals surface area contributed by atoms with E-state index < -0.39 is 0 Å². The highest BCUT2D eigenvalue weighted by Gasteiger charge is 2.22. The number of rotatable bonds is 5. The Morgan fingerprint density at radius 3 is 2.70 bits per heavy atom. The van der Waals surface area contributed by atoms with E-state index in [1.54, 1.807) is 6.20 Å². The van der Waals surface area contributed by atoms with Gasteiger partial charge in [-0.05, 0) is 44.8 Å². The Labute approximate surface area is 132 Å². The molecule has 7 heteroatoms. The lowest BCUT2D eigenvalue weighted by Gasteiger charge is -2.32. The molecule has 0 saturated carbocycles. The molecule has 0 bridgehead atoms. The van der Waals surface area contributed by atoms with Crippen molar-refractivity contribution in [1.29, 1.82) is 0 Å². The van der Waals surface area contributed by atoms with Crippen LogP contribution in [0.4, 0.5) is 0 Å². The lowest BCUT2D eigenvalue weighted by molar-refractivity contribution is -0.131. The number of carbonyl (C=O) groups excluding carboxylic acids is 1. The van der Waals surface area contributed by atoms with Gasteiger partial charge in [0.1, 0.15) is 0 Å². The molecule has 1 aliphatic rings. The monoisotopic (exact) mass is 322 g/mol. The molecule has 2 N–H and O–H groups in total. The maximum absolute atomic E-state index is 12.1. The zero-order valence-electron chi connectivity index (χ0n) is 11.8. The van der Waals surface area contributed by atoms with Gasteiger partial charge in [0.25, 0.3) is 0 Å². The Bertz CT molecular complexity index is 364. The van der Waals surface area contributed by atoms with Gasteiger partial charge < -0.3 is 10.2 Å². The molecule has 2 heterocycles. The number of nitrogens with zero attached hydrogens (tertiary/aromatic N) is 2. The lowest BCUT2D eigenvalue weighted by atomic mass is 9.93. The third-order valence-electron chi connectivity index (χ3n) is 3.67. The molecule has 0 radical (unpaired) electrons. The minimum atomic E-state index is 0. The third kappa shape index (κ3) is 5.69. The molecule has 1 fully saturated rings. The minimum Gasteiger partial charge on any atom is -0.342 e. The molecule has 1 amide bonds. The molecule has 0 atom stereocenters. The SMILES string of the molecule is CNCCC1CCN(C(=O)Cc2ccn[nH]2)CC1.Cl.Cl. The van der Waals surface area contributed by atoms with Gasteiger partial charge in [-0.1, -0.05) is 0 Å². The van der Waals surface area contributed by atoms with Gasteiger partial charge in [0.15, 0.2) is 0 Å². The summed E-state index contributed by atoms with van der Waals surface area (Å²) in [5.74, 6) is 0.986. The van der Waals surface area contributed by atoms with Crippen LogP contribution in [0.1, 0.15) is 25.0 Å². The molecule has 1 aromatic rings. The van der Waals surface area contributed by atoms with Crippen LogP contribution in [0.25, 0.3) is 0 Å². The second-order valence-electron chi connectivity index (χ2n) is 4.98. The Hall–Kier alpha value is -0.780. The Kier molecular flexibility index (Phi) is 9.63. The summed E-state index contributed by atoms with van der Waals surface area (Å²) in [6.07, 6.45) is 5.62. The smallest absolute Gasteiger partial charge is 0.228 e. The summed E-state index contributed by atoms with van der Waals surface area (Å²) in [5.41, 5.74) is 0.900. The number of nitrogens with one attached hydrogen (secondary N) is 2. The van der Waals surface area contributed by atoms with Gasteiger partial charge in [0.2, 0.25) is 5.91 Å². The number of carbonyl (C=O) groups is 1. The molecular weight excluding hydrogens is 299 g/mol. The van der Waals surface area contributed by atoms with E-state index in [9.17, 15) is 4.79 Å². The highest BCUT2D eigenvalue weighted by molar-refractivity contribution is 5.85. The number of piperidine rings is 1. The molecule has 5 nitrogen and oxygen atoms in total.